The summed E-state index contributed by atoms with van der Waals surface area (Å²) in [6, 6.07) is 3.98. The Kier molecular flexibility index (Phi) is 4.93. The van der Waals surface area contributed by atoms with Crippen LogP contribution < -0.4 is 0 Å². The fraction of sp³-hybridized carbons (Fsp3) is 0.154. The highest BCUT2D eigenvalue weighted by molar-refractivity contribution is 8.26. The third kappa shape index (κ3) is 3.23. The molecule has 1 aliphatic heterocycles. The molecule has 1 aromatic rings. The molecule has 0 spiro atoms. The highest BCUT2D eigenvalue weighted by Gasteiger charge is 2.38. The lowest BCUT2D eigenvalue weighted by atomic mass is 10.2. The first-order valence-corrected chi connectivity index (χ1v) is 7.75. The van der Waals surface area contributed by atoms with Crippen LogP contribution in [-0.4, -0.2) is 32.2 Å². The summed E-state index contributed by atoms with van der Waals surface area (Å²) in [5, 5.41) is 9.82. The van der Waals surface area contributed by atoms with Crippen LogP contribution in [0.3, 0.4) is 0 Å². The lowest BCUT2D eigenvalue weighted by Crippen LogP contribution is -2.41. The molecule has 0 radical (unpaired) electrons. The number of rotatable bonds is 3. The van der Waals surface area contributed by atoms with Gasteiger partial charge in [0.15, 0.2) is 0 Å². The maximum atomic E-state index is 12.3. The van der Waals surface area contributed by atoms with Gasteiger partial charge < -0.3 is 5.11 Å². The Morgan fingerprint density at radius 3 is 2.52 bits per heavy atom. The van der Waals surface area contributed by atoms with Crippen molar-refractivity contribution in [3.8, 4) is 0 Å². The van der Waals surface area contributed by atoms with E-state index in [1.807, 2.05) is 0 Å². The molecule has 1 aromatic carbocycles. The number of benzene rings is 1. The standard InChI is InChI=1S/C13H9Cl2NO3S2/c1-6(12(18)19)16-11(17)10(21-13(16)20)5-7-8(14)3-2-4-9(7)15/h2-6H,1H3,(H,18,19)/b10-5-/t6-/m1/s1. The second-order valence-corrected chi connectivity index (χ2v) is 6.69. The number of thiocarbonyl (C=S) groups is 1. The number of hydrogen-bond acceptors (Lipinski definition) is 4. The number of halogens is 2. The van der Waals surface area contributed by atoms with Crippen molar-refractivity contribution in [2.24, 2.45) is 0 Å². The predicted octanol–water partition coefficient (Wildman–Crippen LogP) is 3.67. The first-order chi connectivity index (χ1) is 9.82. The predicted molar refractivity (Wildman–Crippen MR) is 88.6 cm³/mol. The van der Waals surface area contributed by atoms with Gasteiger partial charge in [0.2, 0.25) is 0 Å². The molecule has 21 heavy (non-hydrogen) atoms. The molecule has 1 heterocycles. The number of carbonyl (C=O) groups excluding carboxylic acids is 1. The smallest absolute Gasteiger partial charge is 0.326 e. The number of carboxylic acids is 1. The minimum absolute atomic E-state index is 0.198. The van der Waals surface area contributed by atoms with Gasteiger partial charge in [0, 0.05) is 15.6 Å². The van der Waals surface area contributed by atoms with Crippen LogP contribution in [0.5, 0.6) is 0 Å². The van der Waals surface area contributed by atoms with E-state index in [2.05, 4.69) is 0 Å². The zero-order valence-electron chi connectivity index (χ0n) is 10.7. The average Bonchev–Trinajstić information content (AvgIpc) is 2.68. The van der Waals surface area contributed by atoms with Crippen molar-refractivity contribution in [1.29, 1.82) is 0 Å². The molecule has 2 rings (SSSR count). The summed E-state index contributed by atoms with van der Waals surface area (Å²) in [4.78, 5) is 24.7. The number of aliphatic carboxylic acids is 1. The normalized spacial score (nSPS) is 18.4. The lowest BCUT2D eigenvalue weighted by molar-refractivity contribution is -0.144. The molecule has 0 unspecified atom stereocenters. The van der Waals surface area contributed by atoms with E-state index >= 15 is 0 Å². The van der Waals surface area contributed by atoms with Gasteiger partial charge in [-0.3, -0.25) is 9.69 Å². The number of thioether (sulfide) groups is 1. The second-order valence-electron chi connectivity index (χ2n) is 4.20. The molecular weight excluding hydrogens is 353 g/mol. The second kappa shape index (κ2) is 6.36. The van der Waals surface area contributed by atoms with Gasteiger partial charge in [0.1, 0.15) is 10.4 Å². The molecular formula is C13H9Cl2NO3S2. The summed E-state index contributed by atoms with van der Waals surface area (Å²) < 4.78 is 0.198. The van der Waals surface area contributed by atoms with Crippen molar-refractivity contribution in [3.05, 3.63) is 38.7 Å². The molecule has 1 aliphatic rings. The summed E-state index contributed by atoms with van der Waals surface area (Å²) in [5.41, 5.74) is 0.504. The zero-order valence-corrected chi connectivity index (χ0v) is 13.8. The van der Waals surface area contributed by atoms with Gasteiger partial charge in [-0.25, -0.2) is 4.79 Å². The average molecular weight is 362 g/mol. The highest BCUT2D eigenvalue weighted by Crippen LogP contribution is 2.36. The first-order valence-electron chi connectivity index (χ1n) is 5.76. The van der Waals surface area contributed by atoms with Gasteiger partial charge in [-0.1, -0.05) is 53.2 Å². The van der Waals surface area contributed by atoms with Crippen molar-refractivity contribution in [2.75, 3.05) is 0 Å². The van der Waals surface area contributed by atoms with Gasteiger partial charge in [-0.05, 0) is 25.1 Å². The quantitative estimate of drug-likeness (QED) is 0.657. The number of carbonyl (C=O) groups is 2. The van der Waals surface area contributed by atoms with Crippen molar-refractivity contribution >= 4 is 69.5 Å². The monoisotopic (exact) mass is 361 g/mol. The Morgan fingerprint density at radius 2 is 2.00 bits per heavy atom. The third-order valence-electron chi connectivity index (χ3n) is 2.84. The van der Waals surface area contributed by atoms with Crippen LogP contribution in [0.15, 0.2) is 23.1 Å². The molecule has 0 aliphatic carbocycles. The number of carboxylic acid groups (broad SMARTS) is 1. The Hall–Kier alpha value is -1.08. The Bertz CT molecular complexity index is 655. The van der Waals surface area contributed by atoms with E-state index in [9.17, 15) is 9.59 Å². The van der Waals surface area contributed by atoms with Crippen LogP contribution in [0.25, 0.3) is 6.08 Å². The number of nitrogens with zero attached hydrogens (tertiary/aromatic N) is 1. The van der Waals surface area contributed by atoms with Crippen LogP contribution in [0.2, 0.25) is 10.0 Å². The van der Waals surface area contributed by atoms with E-state index < -0.39 is 17.9 Å². The molecule has 0 bridgehead atoms. The van der Waals surface area contributed by atoms with Gasteiger partial charge in [-0.15, -0.1) is 0 Å². The van der Waals surface area contributed by atoms with Gasteiger partial charge >= 0.3 is 5.97 Å². The Morgan fingerprint density at radius 1 is 1.43 bits per heavy atom. The van der Waals surface area contributed by atoms with E-state index in [0.29, 0.717) is 20.5 Å². The van der Waals surface area contributed by atoms with Crippen LogP contribution in [-0.2, 0) is 9.59 Å². The highest BCUT2D eigenvalue weighted by atomic mass is 35.5. The van der Waals surface area contributed by atoms with Crippen molar-refractivity contribution < 1.29 is 14.7 Å². The largest absolute Gasteiger partial charge is 0.480 e. The SMILES string of the molecule is C[C@H](C(=O)O)N1C(=O)/C(=C/c2c(Cl)cccc2Cl)SC1=S. The maximum absolute atomic E-state index is 12.3. The first kappa shape index (κ1) is 16.3. The molecule has 1 atom stereocenters. The molecule has 8 heteroatoms. The minimum atomic E-state index is -1.12. The van der Waals surface area contributed by atoms with Gasteiger partial charge in [-0.2, -0.15) is 0 Å². The maximum Gasteiger partial charge on any atom is 0.326 e. The summed E-state index contributed by atoms with van der Waals surface area (Å²) in [6.07, 6.45) is 1.53. The molecule has 4 nitrogen and oxygen atoms in total. The summed E-state index contributed by atoms with van der Waals surface area (Å²) in [7, 11) is 0. The Labute approximate surface area is 140 Å². The van der Waals surface area contributed by atoms with Crippen molar-refractivity contribution in [1.82, 2.24) is 4.90 Å². The van der Waals surface area contributed by atoms with E-state index in [1.165, 1.54) is 13.0 Å². The van der Waals surface area contributed by atoms with E-state index in [-0.39, 0.29) is 4.32 Å². The van der Waals surface area contributed by atoms with Gasteiger partial charge in [0.05, 0.1) is 4.91 Å². The molecule has 0 aromatic heterocycles. The van der Waals surface area contributed by atoms with E-state index in [0.717, 1.165) is 16.7 Å². The van der Waals surface area contributed by atoms with Crippen LogP contribution in [0, 0.1) is 0 Å². The van der Waals surface area contributed by atoms with Crippen LogP contribution in [0.4, 0.5) is 0 Å². The van der Waals surface area contributed by atoms with Crippen LogP contribution >= 0.6 is 47.2 Å². The molecule has 1 saturated heterocycles. The van der Waals surface area contributed by atoms with Gasteiger partial charge in [0.25, 0.3) is 5.91 Å². The zero-order chi connectivity index (χ0) is 15.7. The lowest BCUT2D eigenvalue weighted by Gasteiger charge is -2.18. The van der Waals surface area contributed by atoms with E-state index in [1.54, 1.807) is 18.2 Å². The number of hydrogen-bond donors (Lipinski definition) is 1. The third-order valence-corrected chi connectivity index (χ3v) is 4.83. The molecule has 1 amide bonds. The summed E-state index contributed by atoms with van der Waals surface area (Å²) in [6.45, 7) is 1.40. The van der Waals surface area contributed by atoms with Crippen molar-refractivity contribution in [3.63, 3.8) is 0 Å². The Balaban J connectivity index is 2.39. The molecule has 1 N–H and O–H groups in total. The summed E-state index contributed by atoms with van der Waals surface area (Å²) in [5.74, 6) is -1.58. The molecule has 110 valence electrons. The summed E-state index contributed by atoms with van der Waals surface area (Å²) >= 11 is 18.2. The fourth-order valence-electron chi connectivity index (χ4n) is 1.70. The number of amides is 1. The topological polar surface area (TPSA) is 57.6 Å². The van der Waals surface area contributed by atoms with Crippen molar-refractivity contribution in [2.45, 2.75) is 13.0 Å². The fourth-order valence-corrected chi connectivity index (χ4v) is 3.61. The van der Waals surface area contributed by atoms with Crippen LogP contribution in [0.1, 0.15) is 12.5 Å². The minimum Gasteiger partial charge on any atom is -0.480 e. The molecule has 0 saturated carbocycles. The molecule has 1 fully saturated rings. The van der Waals surface area contributed by atoms with E-state index in [4.69, 9.17) is 40.5 Å².